The van der Waals surface area contributed by atoms with E-state index in [9.17, 15) is 0 Å². The zero-order chi connectivity index (χ0) is 10.4. The van der Waals surface area contributed by atoms with Gasteiger partial charge in [0.05, 0.1) is 12.7 Å². The Morgan fingerprint density at radius 3 is 2.50 bits per heavy atom. The van der Waals surface area contributed by atoms with Crippen LogP contribution in [0.1, 0.15) is 58.8 Å². The number of hydrogen-bond donors (Lipinski definition) is 1. The third-order valence-electron chi connectivity index (χ3n) is 3.20. The maximum absolute atomic E-state index is 6.28. The first-order chi connectivity index (χ1) is 6.66. The highest BCUT2D eigenvalue weighted by Crippen LogP contribution is 2.26. The van der Waals surface area contributed by atoms with E-state index in [-0.39, 0.29) is 5.54 Å². The van der Waals surface area contributed by atoms with E-state index in [4.69, 9.17) is 10.5 Å². The molecule has 0 heterocycles. The molecular formula is C12H25NO. The van der Waals surface area contributed by atoms with Gasteiger partial charge >= 0.3 is 0 Å². The van der Waals surface area contributed by atoms with Crippen LogP contribution < -0.4 is 5.73 Å². The van der Waals surface area contributed by atoms with Gasteiger partial charge in [0.2, 0.25) is 0 Å². The first-order valence-electron chi connectivity index (χ1n) is 6.07. The Kier molecular flexibility index (Phi) is 4.90. The molecule has 1 fully saturated rings. The van der Waals surface area contributed by atoms with Gasteiger partial charge in [-0.2, -0.15) is 0 Å². The molecule has 0 radical (unpaired) electrons. The fraction of sp³-hybridized carbons (Fsp3) is 1.00. The van der Waals surface area contributed by atoms with Crippen molar-refractivity contribution in [3.63, 3.8) is 0 Å². The van der Waals surface area contributed by atoms with Gasteiger partial charge in [0.1, 0.15) is 0 Å². The first-order valence-corrected chi connectivity index (χ1v) is 6.07. The Hall–Kier alpha value is -0.0800. The molecule has 0 aromatic rings. The highest BCUT2D eigenvalue weighted by Gasteiger charge is 2.27. The van der Waals surface area contributed by atoms with Crippen molar-refractivity contribution >= 4 is 0 Å². The molecule has 2 N–H and O–H groups in total. The summed E-state index contributed by atoms with van der Waals surface area (Å²) in [5, 5.41) is 0. The first kappa shape index (κ1) is 12.0. The minimum absolute atomic E-state index is 0.0136. The molecule has 1 unspecified atom stereocenters. The molecule has 1 aliphatic carbocycles. The van der Waals surface area contributed by atoms with Gasteiger partial charge in [-0.05, 0) is 26.2 Å². The average Bonchev–Trinajstić information content (AvgIpc) is 2.17. The van der Waals surface area contributed by atoms with Gasteiger partial charge in [0.15, 0.2) is 0 Å². The number of hydrogen-bond acceptors (Lipinski definition) is 2. The molecule has 2 nitrogen and oxygen atoms in total. The van der Waals surface area contributed by atoms with Crippen molar-refractivity contribution in [2.45, 2.75) is 70.4 Å². The highest BCUT2D eigenvalue weighted by atomic mass is 16.5. The van der Waals surface area contributed by atoms with Gasteiger partial charge in [-0.3, -0.25) is 0 Å². The molecule has 1 aliphatic rings. The second-order valence-corrected chi connectivity index (χ2v) is 4.83. The largest absolute Gasteiger partial charge is 0.377 e. The summed E-state index contributed by atoms with van der Waals surface area (Å²) in [5.74, 6) is 0. The van der Waals surface area contributed by atoms with Gasteiger partial charge in [-0.15, -0.1) is 0 Å². The Bertz CT molecular complexity index is 152. The maximum atomic E-state index is 6.28. The summed E-state index contributed by atoms with van der Waals surface area (Å²) < 4.78 is 5.80. The molecule has 0 aromatic carbocycles. The standard InChI is InChI=1S/C12H25NO/c1-3-7-11(2)14-10-12(13)8-5-4-6-9-12/h11H,3-10,13H2,1-2H3. The van der Waals surface area contributed by atoms with Gasteiger partial charge < -0.3 is 10.5 Å². The van der Waals surface area contributed by atoms with E-state index in [0.29, 0.717) is 6.10 Å². The third-order valence-corrected chi connectivity index (χ3v) is 3.20. The Labute approximate surface area is 88.2 Å². The lowest BCUT2D eigenvalue weighted by molar-refractivity contribution is 0.0146. The van der Waals surface area contributed by atoms with E-state index in [1.807, 2.05) is 0 Å². The van der Waals surface area contributed by atoms with Crippen molar-refractivity contribution in [1.29, 1.82) is 0 Å². The van der Waals surface area contributed by atoms with Crippen LogP contribution in [0.25, 0.3) is 0 Å². The van der Waals surface area contributed by atoms with Crippen LogP contribution in [-0.4, -0.2) is 18.2 Å². The van der Waals surface area contributed by atoms with E-state index in [1.165, 1.54) is 25.7 Å². The van der Waals surface area contributed by atoms with Gasteiger partial charge in [-0.1, -0.05) is 32.6 Å². The summed E-state index contributed by atoms with van der Waals surface area (Å²) >= 11 is 0. The van der Waals surface area contributed by atoms with Crippen molar-refractivity contribution in [2.24, 2.45) is 5.73 Å². The van der Waals surface area contributed by atoms with Crippen LogP contribution in [0, 0.1) is 0 Å². The molecule has 14 heavy (non-hydrogen) atoms. The second-order valence-electron chi connectivity index (χ2n) is 4.83. The summed E-state index contributed by atoms with van der Waals surface area (Å²) in [4.78, 5) is 0. The minimum atomic E-state index is -0.0136. The fourth-order valence-electron chi connectivity index (χ4n) is 2.20. The van der Waals surface area contributed by atoms with Crippen molar-refractivity contribution in [2.75, 3.05) is 6.61 Å². The normalized spacial score (nSPS) is 23.4. The van der Waals surface area contributed by atoms with Gasteiger partial charge in [0.25, 0.3) is 0 Å². The van der Waals surface area contributed by atoms with Crippen LogP contribution in [0.2, 0.25) is 0 Å². The average molecular weight is 199 g/mol. The van der Waals surface area contributed by atoms with Gasteiger partial charge in [0, 0.05) is 5.54 Å². The summed E-state index contributed by atoms with van der Waals surface area (Å²) in [6.45, 7) is 5.10. The van der Waals surface area contributed by atoms with E-state index in [1.54, 1.807) is 0 Å². The number of nitrogens with two attached hydrogens (primary N) is 1. The number of rotatable bonds is 5. The quantitative estimate of drug-likeness (QED) is 0.739. The molecule has 0 aliphatic heterocycles. The highest BCUT2D eigenvalue weighted by molar-refractivity contribution is 4.87. The van der Waals surface area contributed by atoms with E-state index < -0.39 is 0 Å². The van der Waals surface area contributed by atoms with Crippen LogP contribution in [-0.2, 0) is 4.74 Å². The molecule has 1 rings (SSSR count). The Morgan fingerprint density at radius 1 is 1.29 bits per heavy atom. The Balaban J connectivity index is 2.21. The minimum Gasteiger partial charge on any atom is -0.377 e. The molecule has 2 heteroatoms. The molecule has 0 saturated heterocycles. The molecule has 0 spiro atoms. The summed E-state index contributed by atoms with van der Waals surface area (Å²) in [5.41, 5.74) is 6.26. The number of ether oxygens (including phenoxy) is 1. The van der Waals surface area contributed by atoms with E-state index >= 15 is 0 Å². The predicted molar refractivity (Wildman–Crippen MR) is 60.3 cm³/mol. The topological polar surface area (TPSA) is 35.2 Å². The molecule has 1 saturated carbocycles. The van der Waals surface area contributed by atoms with E-state index in [0.717, 1.165) is 25.9 Å². The maximum Gasteiger partial charge on any atom is 0.0649 e. The molecular weight excluding hydrogens is 174 g/mol. The monoisotopic (exact) mass is 199 g/mol. The van der Waals surface area contributed by atoms with Gasteiger partial charge in [-0.25, -0.2) is 0 Å². The van der Waals surface area contributed by atoms with Crippen molar-refractivity contribution in [3.05, 3.63) is 0 Å². The molecule has 84 valence electrons. The predicted octanol–water partition coefficient (Wildman–Crippen LogP) is 2.85. The SMILES string of the molecule is CCCC(C)OCC1(N)CCCCC1. The third kappa shape index (κ3) is 3.97. The van der Waals surface area contributed by atoms with Crippen LogP contribution in [0.5, 0.6) is 0 Å². The van der Waals surface area contributed by atoms with Crippen LogP contribution in [0.3, 0.4) is 0 Å². The van der Waals surface area contributed by atoms with Crippen molar-refractivity contribution in [3.8, 4) is 0 Å². The molecule has 1 atom stereocenters. The van der Waals surface area contributed by atoms with Crippen LogP contribution in [0.4, 0.5) is 0 Å². The molecule has 0 bridgehead atoms. The van der Waals surface area contributed by atoms with Crippen molar-refractivity contribution < 1.29 is 4.74 Å². The smallest absolute Gasteiger partial charge is 0.0649 e. The molecule has 0 aromatic heterocycles. The zero-order valence-electron chi connectivity index (χ0n) is 9.72. The lowest BCUT2D eigenvalue weighted by atomic mass is 9.83. The fourth-order valence-corrected chi connectivity index (χ4v) is 2.20. The Morgan fingerprint density at radius 2 is 1.93 bits per heavy atom. The zero-order valence-corrected chi connectivity index (χ0v) is 9.72. The lowest BCUT2D eigenvalue weighted by Gasteiger charge is -2.34. The molecule has 0 amide bonds. The lowest BCUT2D eigenvalue weighted by Crippen LogP contribution is -2.46. The van der Waals surface area contributed by atoms with Crippen LogP contribution in [0.15, 0.2) is 0 Å². The van der Waals surface area contributed by atoms with Crippen LogP contribution >= 0.6 is 0 Å². The van der Waals surface area contributed by atoms with Crippen molar-refractivity contribution in [1.82, 2.24) is 0 Å². The summed E-state index contributed by atoms with van der Waals surface area (Å²) in [6, 6.07) is 0. The summed E-state index contributed by atoms with van der Waals surface area (Å²) in [7, 11) is 0. The van der Waals surface area contributed by atoms with E-state index in [2.05, 4.69) is 13.8 Å². The second kappa shape index (κ2) is 5.72. The summed E-state index contributed by atoms with van der Waals surface area (Å²) in [6.07, 6.45) is 8.92.